The van der Waals surface area contributed by atoms with Crippen molar-refractivity contribution in [2.24, 2.45) is 35.5 Å². The molecule has 7 aliphatic carbocycles. The van der Waals surface area contributed by atoms with Crippen LogP contribution in [0.4, 0.5) is 0 Å². The lowest BCUT2D eigenvalue weighted by Crippen LogP contribution is -2.57. The summed E-state index contributed by atoms with van der Waals surface area (Å²) in [5, 5.41) is 3.99. The zero-order valence-electron chi connectivity index (χ0n) is 33.8. The van der Waals surface area contributed by atoms with E-state index in [9.17, 15) is 8.42 Å². The smallest absolute Gasteiger partial charge is 0.156 e. The lowest BCUT2D eigenvalue weighted by molar-refractivity contribution is 0.0153. The summed E-state index contributed by atoms with van der Waals surface area (Å²) in [6.45, 7) is 0. The van der Waals surface area contributed by atoms with E-state index >= 15 is 0 Å². The zero-order chi connectivity index (χ0) is 35.5. The standard InChI is InChI=1S/C47H79N3O2S/c51-53(52,37-28-42(32-14-4-1-5-15-32)48-43(29-37)33-16-6-2-7-17-33)36-26-24-35(25-27-36)50-45-23-13-11-21-39(45)41-30-40-38-20-10-12-22-44(38)49(46(40)31-47(41)50)34-18-8-3-9-19-34/h32-48H,1-31H2. The Kier molecular flexibility index (Phi) is 11.1. The fourth-order valence-corrected chi connectivity index (χ4v) is 19.2. The maximum atomic E-state index is 14.9. The van der Waals surface area contributed by atoms with E-state index in [4.69, 9.17) is 0 Å². The summed E-state index contributed by atoms with van der Waals surface area (Å²) in [4.78, 5) is 6.44. The van der Waals surface area contributed by atoms with Crippen molar-refractivity contribution in [2.75, 3.05) is 0 Å². The lowest BCUT2D eigenvalue weighted by Gasteiger charge is -2.48. The van der Waals surface area contributed by atoms with Crippen LogP contribution in [0.1, 0.15) is 199 Å². The zero-order valence-corrected chi connectivity index (χ0v) is 34.6. The molecule has 6 heteroatoms. The largest absolute Gasteiger partial charge is 0.311 e. The summed E-state index contributed by atoms with van der Waals surface area (Å²) in [6, 6.07) is 5.64. The van der Waals surface area contributed by atoms with Crippen LogP contribution in [0.25, 0.3) is 0 Å². The highest BCUT2D eigenvalue weighted by Crippen LogP contribution is 2.59. The van der Waals surface area contributed by atoms with Gasteiger partial charge in [-0.15, -0.1) is 0 Å². The fraction of sp³-hybridized carbons (Fsp3) is 1.00. The molecule has 7 saturated carbocycles. The molecule has 10 rings (SSSR count). The molecule has 5 nitrogen and oxygen atoms in total. The second-order valence-corrected chi connectivity index (χ2v) is 24.0. The van der Waals surface area contributed by atoms with Crippen LogP contribution >= 0.6 is 0 Å². The monoisotopic (exact) mass is 750 g/mol. The van der Waals surface area contributed by atoms with Crippen molar-refractivity contribution in [3.05, 3.63) is 0 Å². The second kappa shape index (κ2) is 15.9. The first-order valence-corrected chi connectivity index (χ1v) is 26.2. The molecule has 0 amide bonds. The van der Waals surface area contributed by atoms with E-state index in [1.165, 1.54) is 161 Å². The molecule has 0 radical (unpaired) electrons. The first-order valence-electron chi connectivity index (χ1n) is 24.6. The van der Waals surface area contributed by atoms with Crippen molar-refractivity contribution in [3.63, 3.8) is 0 Å². The van der Waals surface area contributed by atoms with E-state index in [0.717, 1.165) is 92.4 Å². The highest BCUT2D eigenvalue weighted by Gasteiger charge is 2.61. The molecule has 10 aliphatic rings. The Morgan fingerprint density at radius 2 is 0.792 bits per heavy atom. The third-order valence-corrected chi connectivity index (χ3v) is 21.8. The van der Waals surface area contributed by atoms with E-state index in [1.54, 1.807) is 0 Å². The SMILES string of the molecule is O=S(=O)(C1CCC(N2C3CCCCC3C3CC4C5CCCCC5N(C5CCCCC5)C4CC32)CC1)C1CC(C2CCCCC2)NC(C2CCCCC2)C1. The van der Waals surface area contributed by atoms with Gasteiger partial charge in [-0.2, -0.15) is 0 Å². The number of rotatable bonds is 6. The van der Waals surface area contributed by atoms with Gasteiger partial charge in [-0.3, -0.25) is 9.80 Å². The van der Waals surface area contributed by atoms with E-state index in [2.05, 4.69) is 15.1 Å². The first-order chi connectivity index (χ1) is 26.0. The number of sulfone groups is 1. The molecule has 0 aromatic carbocycles. The van der Waals surface area contributed by atoms with Gasteiger partial charge in [0.25, 0.3) is 0 Å². The van der Waals surface area contributed by atoms with Crippen LogP contribution in [-0.4, -0.2) is 77.1 Å². The molecule has 1 N–H and O–H groups in total. The third-order valence-electron chi connectivity index (χ3n) is 19.1. The molecule has 0 bridgehead atoms. The Bertz CT molecular complexity index is 1300. The van der Waals surface area contributed by atoms with Crippen LogP contribution in [0.2, 0.25) is 0 Å². The Morgan fingerprint density at radius 1 is 0.358 bits per heavy atom. The van der Waals surface area contributed by atoms with Crippen LogP contribution in [0.5, 0.6) is 0 Å². The van der Waals surface area contributed by atoms with Gasteiger partial charge in [0.2, 0.25) is 0 Å². The number of likely N-dealkylation sites (tertiary alicyclic amines) is 2. The minimum atomic E-state index is -3.13. The normalized spacial score (nSPS) is 47.1. The Balaban J connectivity index is 0.857. The number of fused-ring (bicyclic) bond motifs is 6. The summed E-state index contributed by atoms with van der Waals surface area (Å²) < 4.78 is 29.7. The number of nitrogens with one attached hydrogen (secondary N) is 1. The molecule has 3 aliphatic heterocycles. The summed E-state index contributed by atoms with van der Waals surface area (Å²) in [5.41, 5.74) is 0. The van der Waals surface area contributed by atoms with E-state index < -0.39 is 9.84 Å². The van der Waals surface area contributed by atoms with Crippen LogP contribution in [0, 0.1) is 35.5 Å². The highest BCUT2D eigenvalue weighted by atomic mass is 32.2. The predicted octanol–water partition coefficient (Wildman–Crippen LogP) is 10.2. The number of piperidine rings is 1. The van der Waals surface area contributed by atoms with E-state index in [-0.39, 0.29) is 10.5 Å². The van der Waals surface area contributed by atoms with Gasteiger partial charge < -0.3 is 5.32 Å². The summed E-state index contributed by atoms with van der Waals surface area (Å²) in [5.74, 6) is 5.18. The van der Waals surface area contributed by atoms with Crippen molar-refractivity contribution in [2.45, 2.75) is 258 Å². The Morgan fingerprint density at radius 3 is 1.30 bits per heavy atom. The van der Waals surface area contributed by atoms with Crippen LogP contribution < -0.4 is 5.32 Å². The second-order valence-electron chi connectivity index (χ2n) is 21.4. The highest BCUT2D eigenvalue weighted by molar-refractivity contribution is 7.92. The van der Waals surface area contributed by atoms with Gasteiger partial charge in [-0.25, -0.2) is 8.42 Å². The molecule has 10 atom stereocenters. The minimum Gasteiger partial charge on any atom is -0.311 e. The number of hydrogen-bond donors (Lipinski definition) is 1. The summed E-state index contributed by atoms with van der Waals surface area (Å²) in [7, 11) is -3.13. The topological polar surface area (TPSA) is 52.7 Å². The predicted molar refractivity (Wildman–Crippen MR) is 218 cm³/mol. The maximum Gasteiger partial charge on any atom is 0.156 e. The van der Waals surface area contributed by atoms with Gasteiger partial charge in [0.15, 0.2) is 9.84 Å². The maximum absolute atomic E-state index is 14.9. The van der Waals surface area contributed by atoms with Gasteiger partial charge in [-0.05, 0) is 151 Å². The van der Waals surface area contributed by atoms with Crippen molar-refractivity contribution >= 4 is 9.84 Å². The third kappa shape index (κ3) is 6.98. The van der Waals surface area contributed by atoms with Crippen molar-refractivity contribution in [1.82, 2.24) is 15.1 Å². The number of nitrogens with zero attached hydrogens (tertiary/aromatic N) is 2. The molecular formula is C47H79N3O2S. The van der Waals surface area contributed by atoms with E-state index in [0.29, 0.717) is 30.0 Å². The fourth-order valence-electron chi connectivity index (χ4n) is 16.8. The molecular weight excluding hydrogens is 671 g/mol. The van der Waals surface area contributed by atoms with Crippen molar-refractivity contribution in [3.8, 4) is 0 Å². The summed E-state index contributed by atoms with van der Waals surface area (Å²) >= 11 is 0. The van der Waals surface area contributed by atoms with Gasteiger partial charge >= 0.3 is 0 Å². The first kappa shape index (κ1) is 37.1. The van der Waals surface area contributed by atoms with Crippen LogP contribution in [0.15, 0.2) is 0 Å². The molecule has 0 spiro atoms. The molecule has 3 saturated heterocycles. The van der Waals surface area contributed by atoms with Crippen LogP contribution in [0.3, 0.4) is 0 Å². The van der Waals surface area contributed by atoms with Gasteiger partial charge in [-0.1, -0.05) is 83.5 Å². The lowest BCUT2D eigenvalue weighted by atomic mass is 9.65. The minimum absolute atomic E-state index is 0.0862. The quantitative estimate of drug-likeness (QED) is 0.293. The molecule has 10 fully saturated rings. The summed E-state index contributed by atoms with van der Waals surface area (Å²) in [6.07, 6.45) is 41.4. The Hall–Kier alpha value is -0.170. The van der Waals surface area contributed by atoms with Gasteiger partial charge in [0.1, 0.15) is 0 Å². The average molecular weight is 750 g/mol. The van der Waals surface area contributed by atoms with Gasteiger partial charge in [0, 0.05) is 48.3 Å². The van der Waals surface area contributed by atoms with Crippen molar-refractivity contribution in [1.29, 1.82) is 0 Å². The van der Waals surface area contributed by atoms with Gasteiger partial charge in [0.05, 0.1) is 10.5 Å². The molecule has 3 heterocycles. The van der Waals surface area contributed by atoms with E-state index in [1.807, 2.05) is 0 Å². The Labute approximate surface area is 325 Å². The van der Waals surface area contributed by atoms with Crippen LogP contribution in [-0.2, 0) is 9.84 Å². The number of hydrogen-bond acceptors (Lipinski definition) is 5. The van der Waals surface area contributed by atoms with Crippen molar-refractivity contribution < 1.29 is 8.42 Å². The molecule has 0 aromatic rings. The molecule has 10 unspecified atom stereocenters. The molecule has 300 valence electrons. The molecule has 0 aromatic heterocycles. The average Bonchev–Trinajstić information content (AvgIpc) is 3.73. The molecule has 53 heavy (non-hydrogen) atoms.